The lowest BCUT2D eigenvalue weighted by atomic mass is 10.1. The molecule has 5 nitrogen and oxygen atoms in total. The Kier molecular flexibility index (Phi) is 4.12. The average Bonchev–Trinajstić information content (AvgIpc) is 2.99. The lowest BCUT2D eigenvalue weighted by Gasteiger charge is -2.29. The number of imidazole rings is 1. The third-order valence-electron chi connectivity index (χ3n) is 4.35. The predicted octanol–water partition coefficient (Wildman–Crippen LogP) is 3.52. The number of likely N-dealkylation sites (N-methyl/N-ethyl adjacent to an activating group) is 1. The first-order valence-electron chi connectivity index (χ1n) is 8.15. The van der Waals surface area contributed by atoms with Crippen LogP contribution in [0.1, 0.15) is 12.8 Å². The van der Waals surface area contributed by atoms with E-state index >= 15 is 0 Å². The summed E-state index contributed by atoms with van der Waals surface area (Å²) in [6, 6.07) is 11.5. The monoisotopic (exact) mass is 342 g/mol. The van der Waals surface area contributed by atoms with Crippen LogP contribution in [-0.4, -0.2) is 45.7 Å². The van der Waals surface area contributed by atoms with Crippen LogP contribution in [0, 0.1) is 0 Å². The zero-order valence-electron chi connectivity index (χ0n) is 13.5. The Morgan fingerprint density at radius 1 is 1.17 bits per heavy atom. The van der Waals surface area contributed by atoms with Crippen molar-refractivity contribution in [2.45, 2.75) is 18.9 Å². The Hall–Kier alpha value is -2.11. The predicted molar refractivity (Wildman–Crippen MR) is 94.6 cm³/mol. The highest BCUT2D eigenvalue weighted by atomic mass is 35.5. The van der Waals surface area contributed by atoms with E-state index in [2.05, 4.69) is 22.0 Å². The van der Waals surface area contributed by atoms with Gasteiger partial charge in [-0.1, -0.05) is 23.7 Å². The molecule has 0 bridgehead atoms. The molecule has 0 radical (unpaired) electrons. The summed E-state index contributed by atoms with van der Waals surface area (Å²) in [5, 5.41) is 5.35. The fraction of sp³-hybridized carbons (Fsp3) is 0.333. The smallest absolute Gasteiger partial charge is 0.232 e. The molecule has 1 saturated heterocycles. The zero-order valence-corrected chi connectivity index (χ0v) is 14.3. The number of benzene rings is 1. The average molecular weight is 343 g/mol. The Labute approximate surface area is 145 Å². The van der Waals surface area contributed by atoms with Gasteiger partial charge in [0.25, 0.3) is 0 Å². The van der Waals surface area contributed by atoms with E-state index in [0.717, 1.165) is 42.8 Å². The Morgan fingerprint density at radius 2 is 2.00 bits per heavy atom. The molecule has 0 N–H and O–H groups in total. The van der Waals surface area contributed by atoms with Crippen LogP contribution in [0.5, 0.6) is 5.88 Å². The fourth-order valence-corrected chi connectivity index (χ4v) is 3.25. The number of ether oxygens (including phenoxy) is 1. The molecule has 2 aromatic heterocycles. The van der Waals surface area contributed by atoms with Gasteiger partial charge in [0.05, 0.1) is 11.9 Å². The molecule has 4 rings (SSSR count). The number of aromatic nitrogens is 3. The summed E-state index contributed by atoms with van der Waals surface area (Å²) in [5.74, 6) is 0.635. The molecular formula is C18H19ClN4O. The van der Waals surface area contributed by atoms with Gasteiger partial charge in [0.1, 0.15) is 6.10 Å². The summed E-state index contributed by atoms with van der Waals surface area (Å²) >= 11 is 5.97. The topological polar surface area (TPSA) is 42.7 Å². The van der Waals surface area contributed by atoms with Gasteiger partial charge < -0.3 is 9.64 Å². The van der Waals surface area contributed by atoms with Crippen molar-refractivity contribution in [1.82, 2.24) is 19.5 Å². The minimum atomic E-state index is 0.191. The SMILES string of the molecule is CN1CCCC(Oc2ccc3ncc(-c4ccc(Cl)cc4)n3n2)C1. The van der Waals surface area contributed by atoms with Crippen LogP contribution in [0.25, 0.3) is 16.9 Å². The number of hydrogen-bond donors (Lipinski definition) is 0. The standard InChI is InChI=1S/C18H19ClN4O/c1-22-10-2-3-15(12-22)24-18-9-8-17-20-11-16(23(17)21-18)13-4-6-14(19)7-5-13/h4-9,11,15H,2-3,10,12H2,1H3. The summed E-state index contributed by atoms with van der Waals surface area (Å²) in [4.78, 5) is 6.72. The molecule has 0 aliphatic carbocycles. The molecule has 1 aliphatic heterocycles. The van der Waals surface area contributed by atoms with Gasteiger partial charge >= 0.3 is 0 Å². The van der Waals surface area contributed by atoms with Gasteiger partial charge in [0.2, 0.25) is 5.88 Å². The van der Waals surface area contributed by atoms with Crippen molar-refractivity contribution in [1.29, 1.82) is 0 Å². The molecule has 1 unspecified atom stereocenters. The van der Waals surface area contributed by atoms with Crippen molar-refractivity contribution in [3.05, 3.63) is 47.6 Å². The number of rotatable bonds is 3. The Bertz CT molecular complexity index is 846. The van der Waals surface area contributed by atoms with Gasteiger partial charge in [0.15, 0.2) is 5.65 Å². The van der Waals surface area contributed by atoms with E-state index in [1.807, 2.05) is 47.1 Å². The number of fused-ring (bicyclic) bond motifs is 1. The number of halogens is 1. The fourth-order valence-electron chi connectivity index (χ4n) is 3.12. The summed E-state index contributed by atoms with van der Waals surface area (Å²) < 4.78 is 7.92. The van der Waals surface area contributed by atoms with E-state index in [1.165, 1.54) is 0 Å². The van der Waals surface area contributed by atoms with Gasteiger partial charge in [-0.3, -0.25) is 0 Å². The summed E-state index contributed by atoms with van der Waals surface area (Å²) in [7, 11) is 2.13. The van der Waals surface area contributed by atoms with Crippen molar-refractivity contribution in [2.75, 3.05) is 20.1 Å². The molecule has 0 spiro atoms. The van der Waals surface area contributed by atoms with Crippen LogP contribution >= 0.6 is 11.6 Å². The normalized spacial score (nSPS) is 18.8. The van der Waals surface area contributed by atoms with Crippen molar-refractivity contribution in [2.24, 2.45) is 0 Å². The largest absolute Gasteiger partial charge is 0.472 e. The van der Waals surface area contributed by atoms with E-state index in [-0.39, 0.29) is 6.10 Å². The minimum Gasteiger partial charge on any atom is -0.472 e. The number of piperidine rings is 1. The van der Waals surface area contributed by atoms with Crippen LogP contribution in [0.15, 0.2) is 42.6 Å². The molecule has 1 fully saturated rings. The molecule has 0 amide bonds. The Balaban J connectivity index is 1.64. The minimum absolute atomic E-state index is 0.191. The molecule has 24 heavy (non-hydrogen) atoms. The summed E-state index contributed by atoms with van der Waals surface area (Å²) in [6.07, 6.45) is 4.24. The molecular weight excluding hydrogens is 324 g/mol. The Morgan fingerprint density at radius 3 is 2.79 bits per heavy atom. The lowest BCUT2D eigenvalue weighted by molar-refractivity contribution is 0.0988. The number of hydrogen-bond acceptors (Lipinski definition) is 4. The highest BCUT2D eigenvalue weighted by molar-refractivity contribution is 6.30. The van der Waals surface area contributed by atoms with Gasteiger partial charge in [-0.2, -0.15) is 0 Å². The summed E-state index contributed by atoms with van der Waals surface area (Å²) in [6.45, 7) is 2.07. The van der Waals surface area contributed by atoms with Crippen molar-refractivity contribution >= 4 is 17.2 Å². The molecule has 124 valence electrons. The van der Waals surface area contributed by atoms with E-state index in [4.69, 9.17) is 16.3 Å². The maximum absolute atomic E-state index is 6.09. The third kappa shape index (κ3) is 3.09. The molecule has 0 saturated carbocycles. The van der Waals surface area contributed by atoms with Crippen LogP contribution in [0.4, 0.5) is 0 Å². The first-order chi connectivity index (χ1) is 11.7. The van der Waals surface area contributed by atoms with Gasteiger partial charge in [-0.15, -0.1) is 5.10 Å². The molecule has 3 heterocycles. The summed E-state index contributed by atoms with van der Waals surface area (Å²) in [5.41, 5.74) is 2.75. The zero-order chi connectivity index (χ0) is 16.5. The van der Waals surface area contributed by atoms with Crippen molar-refractivity contribution in [3.8, 4) is 17.1 Å². The van der Waals surface area contributed by atoms with Crippen molar-refractivity contribution in [3.63, 3.8) is 0 Å². The van der Waals surface area contributed by atoms with Crippen LogP contribution in [-0.2, 0) is 0 Å². The van der Waals surface area contributed by atoms with E-state index in [1.54, 1.807) is 0 Å². The first kappa shape index (κ1) is 15.4. The van der Waals surface area contributed by atoms with Gasteiger partial charge in [-0.25, -0.2) is 9.50 Å². The highest BCUT2D eigenvalue weighted by Gasteiger charge is 2.19. The van der Waals surface area contributed by atoms with Crippen LogP contribution < -0.4 is 4.74 Å². The van der Waals surface area contributed by atoms with Gasteiger partial charge in [-0.05, 0) is 44.6 Å². The van der Waals surface area contributed by atoms with Crippen molar-refractivity contribution < 1.29 is 4.74 Å². The maximum atomic E-state index is 6.09. The molecule has 6 heteroatoms. The van der Waals surface area contributed by atoms with E-state index < -0.39 is 0 Å². The molecule has 1 atom stereocenters. The quantitative estimate of drug-likeness (QED) is 0.730. The second-order valence-corrected chi connectivity index (χ2v) is 6.67. The molecule has 1 aromatic carbocycles. The molecule has 3 aromatic rings. The van der Waals surface area contributed by atoms with Crippen LogP contribution in [0.3, 0.4) is 0 Å². The lowest BCUT2D eigenvalue weighted by Crippen LogP contribution is -2.38. The van der Waals surface area contributed by atoms with E-state index in [0.29, 0.717) is 10.9 Å². The highest BCUT2D eigenvalue weighted by Crippen LogP contribution is 2.24. The second kappa shape index (κ2) is 6.42. The van der Waals surface area contributed by atoms with Crippen LogP contribution in [0.2, 0.25) is 5.02 Å². The molecule has 1 aliphatic rings. The number of likely N-dealkylation sites (tertiary alicyclic amines) is 1. The maximum Gasteiger partial charge on any atom is 0.232 e. The second-order valence-electron chi connectivity index (χ2n) is 6.24. The first-order valence-corrected chi connectivity index (χ1v) is 8.53. The van der Waals surface area contributed by atoms with E-state index in [9.17, 15) is 0 Å². The van der Waals surface area contributed by atoms with Gasteiger partial charge in [0, 0.05) is 23.2 Å². The number of nitrogens with zero attached hydrogens (tertiary/aromatic N) is 4. The third-order valence-corrected chi connectivity index (χ3v) is 4.60.